The Morgan fingerprint density at radius 3 is 2.58 bits per heavy atom. The number of amides is 2. The van der Waals surface area contributed by atoms with Gasteiger partial charge in [-0.2, -0.15) is 0 Å². The van der Waals surface area contributed by atoms with Crippen LogP contribution in [0.5, 0.6) is 5.75 Å². The van der Waals surface area contributed by atoms with Crippen LogP contribution in [0, 0.1) is 0 Å². The first-order valence-electron chi connectivity index (χ1n) is 10.3. The second kappa shape index (κ2) is 10.9. The molecule has 3 rings (SSSR count). The third kappa shape index (κ3) is 7.04. The van der Waals surface area contributed by atoms with E-state index in [9.17, 15) is 9.59 Å². The number of anilines is 1. The van der Waals surface area contributed by atoms with Crippen molar-refractivity contribution < 1.29 is 19.1 Å². The normalized spacial score (nSPS) is 15.4. The predicted molar refractivity (Wildman–Crippen MR) is 124 cm³/mol. The van der Waals surface area contributed by atoms with Crippen molar-refractivity contribution in [1.29, 1.82) is 0 Å². The molecule has 1 atom stereocenters. The molecular formula is C23H27N3O4S. The average Bonchev–Trinajstić information content (AvgIpc) is 3.26. The quantitative estimate of drug-likeness (QED) is 0.570. The number of benzene rings is 2. The molecule has 2 aromatic rings. The van der Waals surface area contributed by atoms with E-state index in [0.29, 0.717) is 29.1 Å². The molecular weight excluding hydrogens is 414 g/mol. The molecule has 0 aliphatic carbocycles. The third-order valence-electron chi connectivity index (χ3n) is 4.61. The Labute approximate surface area is 187 Å². The number of thiocarbonyl (C=S) groups is 1. The minimum atomic E-state index is -0.334. The zero-order valence-electron chi connectivity index (χ0n) is 17.6. The van der Waals surface area contributed by atoms with Gasteiger partial charge < -0.3 is 20.1 Å². The Morgan fingerprint density at radius 1 is 1.13 bits per heavy atom. The Morgan fingerprint density at radius 2 is 1.90 bits per heavy atom. The van der Waals surface area contributed by atoms with Crippen molar-refractivity contribution in [3.63, 3.8) is 0 Å². The molecule has 0 spiro atoms. The second-order valence-electron chi connectivity index (χ2n) is 7.53. The number of ether oxygens (including phenoxy) is 2. The summed E-state index contributed by atoms with van der Waals surface area (Å²) in [6.45, 7) is 5.12. The van der Waals surface area contributed by atoms with Gasteiger partial charge >= 0.3 is 0 Å². The average molecular weight is 442 g/mol. The van der Waals surface area contributed by atoms with Gasteiger partial charge in [0.1, 0.15) is 5.75 Å². The minimum absolute atomic E-state index is 0.0605. The van der Waals surface area contributed by atoms with Crippen LogP contribution in [0.2, 0.25) is 0 Å². The van der Waals surface area contributed by atoms with E-state index in [-0.39, 0.29) is 29.1 Å². The summed E-state index contributed by atoms with van der Waals surface area (Å²) in [6.07, 6.45) is 2.13. The number of carbonyl (C=O) groups excluding carboxylic acids is 2. The molecule has 2 aromatic carbocycles. The van der Waals surface area contributed by atoms with Crippen LogP contribution in [0.3, 0.4) is 0 Å². The molecule has 7 nitrogen and oxygen atoms in total. The molecule has 0 radical (unpaired) electrons. The van der Waals surface area contributed by atoms with E-state index >= 15 is 0 Å². The number of carbonyl (C=O) groups is 2. The first-order chi connectivity index (χ1) is 14.9. The summed E-state index contributed by atoms with van der Waals surface area (Å²) < 4.78 is 11.1. The van der Waals surface area contributed by atoms with E-state index in [0.717, 1.165) is 19.4 Å². The standard InChI is InChI=1S/C23H27N3O4S/c1-15(2)30-19-10-8-16(9-11-19)22(28)26-23(31)25-18-6-3-5-17(13-18)21(27)24-14-20-7-4-12-29-20/h3,5-6,8-11,13,15,20H,4,7,12,14H2,1-2H3,(H,24,27)(H2,25,26,28,31). The molecule has 31 heavy (non-hydrogen) atoms. The van der Waals surface area contributed by atoms with E-state index in [1.807, 2.05) is 13.8 Å². The lowest BCUT2D eigenvalue weighted by Crippen LogP contribution is -2.34. The van der Waals surface area contributed by atoms with Crippen molar-refractivity contribution in [3.8, 4) is 5.75 Å². The smallest absolute Gasteiger partial charge is 0.257 e. The maximum atomic E-state index is 12.4. The SMILES string of the molecule is CC(C)Oc1ccc(C(=O)NC(=S)Nc2cccc(C(=O)NCC3CCCO3)c2)cc1. The van der Waals surface area contributed by atoms with Gasteiger partial charge in [-0.1, -0.05) is 6.07 Å². The summed E-state index contributed by atoms with van der Waals surface area (Å²) in [5.41, 5.74) is 1.57. The molecule has 1 heterocycles. The predicted octanol–water partition coefficient (Wildman–Crippen LogP) is 3.51. The molecule has 8 heteroatoms. The van der Waals surface area contributed by atoms with Gasteiger partial charge in [-0.3, -0.25) is 14.9 Å². The van der Waals surface area contributed by atoms with Crippen LogP contribution < -0.4 is 20.7 Å². The lowest BCUT2D eigenvalue weighted by atomic mass is 10.1. The third-order valence-corrected chi connectivity index (χ3v) is 4.82. The zero-order chi connectivity index (χ0) is 22.2. The summed E-state index contributed by atoms with van der Waals surface area (Å²) in [4.78, 5) is 24.8. The summed E-state index contributed by atoms with van der Waals surface area (Å²) >= 11 is 5.24. The van der Waals surface area contributed by atoms with Crippen molar-refractivity contribution >= 4 is 34.8 Å². The van der Waals surface area contributed by atoms with Gasteiger partial charge in [0.2, 0.25) is 0 Å². The van der Waals surface area contributed by atoms with Crippen LogP contribution in [-0.2, 0) is 4.74 Å². The van der Waals surface area contributed by atoms with E-state index in [1.54, 1.807) is 48.5 Å². The molecule has 0 bridgehead atoms. The lowest BCUT2D eigenvalue weighted by Gasteiger charge is -2.13. The molecule has 2 amide bonds. The van der Waals surface area contributed by atoms with E-state index in [2.05, 4.69) is 16.0 Å². The highest BCUT2D eigenvalue weighted by atomic mass is 32.1. The molecule has 1 fully saturated rings. The topological polar surface area (TPSA) is 88.7 Å². The molecule has 3 N–H and O–H groups in total. The second-order valence-corrected chi connectivity index (χ2v) is 7.93. The van der Waals surface area contributed by atoms with Crippen LogP contribution in [0.25, 0.3) is 0 Å². The van der Waals surface area contributed by atoms with Gasteiger partial charge in [0, 0.05) is 30.0 Å². The van der Waals surface area contributed by atoms with Gasteiger partial charge in [0.25, 0.3) is 11.8 Å². The summed E-state index contributed by atoms with van der Waals surface area (Å²) in [5.74, 6) is 0.179. The Bertz CT molecular complexity index is 925. The molecule has 1 aliphatic heterocycles. The number of nitrogens with one attached hydrogen (secondary N) is 3. The summed E-state index contributed by atoms with van der Waals surface area (Å²) in [5, 5.41) is 8.61. The highest BCUT2D eigenvalue weighted by Gasteiger charge is 2.17. The van der Waals surface area contributed by atoms with Crippen LogP contribution in [-0.4, -0.2) is 42.3 Å². The maximum absolute atomic E-state index is 12.4. The Balaban J connectivity index is 1.52. The zero-order valence-corrected chi connectivity index (χ0v) is 18.5. The fourth-order valence-electron chi connectivity index (χ4n) is 3.15. The van der Waals surface area contributed by atoms with Gasteiger partial charge in [-0.05, 0) is 81.4 Å². The van der Waals surface area contributed by atoms with Gasteiger partial charge in [-0.15, -0.1) is 0 Å². The minimum Gasteiger partial charge on any atom is -0.491 e. The molecule has 0 aromatic heterocycles. The maximum Gasteiger partial charge on any atom is 0.257 e. The summed E-state index contributed by atoms with van der Waals surface area (Å²) in [7, 11) is 0. The fourth-order valence-corrected chi connectivity index (χ4v) is 3.36. The molecule has 164 valence electrons. The van der Waals surface area contributed by atoms with Gasteiger partial charge in [-0.25, -0.2) is 0 Å². The van der Waals surface area contributed by atoms with Crippen molar-refractivity contribution in [1.82, 2.24) is 10.6 Å². The monoisotopic (exact) mass is 441 g/mol. The van der Waals surface area contributed by atoms with E-state index in [4.69, 9.17) is 21.7 Å². The first-order valence-corrected chi connectivity index (χ1v) is 10.7. The highest BCUT2D eigenvalue weighted by Crippen LogP contribution is 2.15. The molecule has 1 unspecified atom stereocenters. The van der Waals surface area contributed by atoms with Gasteiger partial charge in [0.15, 0.2) is 5.11 Å². The van der Waals surface area contributed by atoms with Crippen LogP contribution in [0.4, 0.5) is 5.69 Å². The number of hydrogen-bond donors (Lipinski definition) is 3. The number of hydrogen-bond acceptors (Lipinski definition) is 5. The van der Waals surface area contributed by atoms with Crippen molar-refractivity contribution in [2.45, 2.75) is 38.9 Å². The Hall–Kier alpha value is -2.97. The lowest BCUT2D eigenvalue weighted by molar-refractivity contribution is 0.0857. The van der Waals surface area contributed by atoms with E-state index < -0.39 is 0 Å². The Kier molecular flexibility index (Phi) is 7.97. The first kappa shape index (κ1) is 22.7. The largest absolute Gasteiger partial charge is 0.491 e. The fraction of sp³-hybridized carbons (Fsp3) is 0.348. The molecule has 1 aliphatic rings. The number of rotatable bonds is 7. The van der Waals surface area contributed by atoms with Crippen molar-refractivity contribution in [2.75, 3.05) is 18.5 Å². The highest BCUT2D eigenvalue weighted by molar-refractivity contribution is 7.80. The summed E-state index contributed by atoms with van der Waals surface area (Å²) in [6, 6.07) is 13.8. The van der Waals surface area contributed by atoms with Crippen molar-refractivity contribution in [2.24, 2.45) is 0 Å². The van der Waals surface area contributed by atoms with E-state index in [1.165, 1.54) is 0 Å². The van der Waals surface area contributed by atoms with Crippen LogP contribution in [0.15, 0.2) is 48.5 Å². The van der Waals surface area contributed by atoms with Crippen molar-refractivity contribution in [3.05, 3.63) is 59.7 Å². The van der Waals surface area contributed by atoms with Gasteiger partial charge in [0.05, 0.1) is 12.2 Å². The molecule has 0 saturated carbocycles. The van der Waals surface area contributed by atoms with Crippen LogP contribution >= 0.6 is 12.2 Å². The van der Waals surface area contributed by atoms with Crippen LogP contribution in [0.1, 0.15) is 47.4 Å². The molecule has 1 saturated heterocycles.